The van der Waals surface area contributed by atoms with E-state index in [4.69, 9.17) is 0 Å². The number of unbranched alkanes of at least 4 members (excludes halogenated alkanes) is 2. The van der Waals surface area contributed by atoms with Crippen LogP contribution in [0.15, 0.2) is 35.9 Å². The first-order chi connectivity index (χ1) is 12.0. The molecule has 1 aliphatic carbocycles. The second-order valence-corrected chi connectivity index (χ2v) is 8.22. The maximum atomic E-state index is 4.32. The monoisotopic (exact) mass is 338 g/mol. The Morgan fingerprint density at radius 2 is 1.84 bits per heavy atom. The van der Waals surface area contributed by atoms with Gasteiger partial charge in [-0.3, -0.25) is 0 Å². The van der Waals surface area contributed by atoms with Crippen LogP contribution in [0.2, 0.25) is 0 Å². The van der Waals surface area contributed by atoms with Gasteiger partial charge in [0.15, 0.2) is 0 Å². The summed E-state index contributed by atoms with van der Waals surface area (Å²) in [7, 11) is 0. The van der Waals surface area contributed by atoms with Gasteiger partial charge in [-0.25, -0.2) is 0 Å². The molecule has 0 aliphatic heterocycles. The average molecular weight is 339 g/mol. The van der Waals surface area contributed by atoms with Gasteiger partial charge in [-0.05, 0) is 81.0 Å². The van der Waals surface area contributed by atoms with Crippen molar-refractivity contribution >= 4 is 0 Å². The molecule has 0 radical (unpaired) electrons. The van der Waals surface area contributed by atoms with Crippen molar-refractivity contribution in [2.45, 2.75) is 91.9 Å². The molecular weight excluding hydrogens is 300 g/mol. The van der Waals surface area contributed by atoms with Crippen LogP contribution in [0.5, 0.6) is 0 Å². The highest BCUT2D eigenvalue weighted by molar-refractivity contribution is 5.45. The van der Waals surface area contributed by atoms with E-state index in [1.165, 1.54) is 62.5 Å². The summed E-state index contributed by atoms with van der Waals surface area (Å²) in [6.45, 7) is 15.8. The molecule has 0 spiro atoms. The second-order valence-electron chi connectivity index (χ2n) is 8.22. The molecule has 0 nitrogen and oxygen atoms in total. The number of benzene rings is 1. The average Bonchev–Trinajstić information content (AvgIpc) is 2.55. The van der Waals surface area contributed by atoms with Crippen LogP contribution < -0.4 is 0 Å². The number of hydrogen-bond donors (Lipinski definition) is 0. The number of allylic oxidation sites excluding steroid dienone is 3. The van der Waals surface area contributed by atoms with E-state index in [9.17, 15) is 0 Å². The summed E-state index contributed by atoms with van der Waals surface area (Å²) in [5.74, 6) is 1.13. The largest absolute Gasteiger partial charge is 0.0998 e. The van der Waals surface area contributed by atoms with Gasteiger partial charge >= 0.3 is 0 Å². The van der Waals surface area contributed by atoms with E-state index in [1.807, 2.05) is 0 Å². The summed E-state index contributed by atoms with van der Waals surface area (Å²) in [6.07, 6.45) is 12.6. The summed E-state index contributed by atoms with van der Waals surface area (Å²) in [4.78, 5) is 0. The molecular formula is C25H38. The van der Waals surface area contributed by atoms with E-state index in [0.29, 0.717) is 11.8 Å². The highest BCUT2D eigenvalue weighted by atomic mass is 14.3. The lowest BCUT2D eigenvalue weighted by Gasteiger charge is -2.33. The minimum absolute atomic E-state index is 0.525. The molecule has 1 aromatic carbocycles. The van der Waals surface area contributed by atoms with Crippen molar-refractivity contribution in [1.82, 2.24) is 0 Å². The van der Waals surface area contributed by atoms with Crippen LogP contribution in [0.4, 0.5) is 0 Å². The molecule has 2 rings (SSSR count). The predicted octanol–water partition coefficient (Wildman–Crippen LogP) is 7.70. The first-order valence-electron chi connectivity index (χ1n) is 10.4. The van der Waals surface area contributed by atoms with Gasteiger partial charge in [0.05, 0.1) is 0 Å². The SMILES string of the molecule is C=C(C)C1CCC(C)=CC1c1c(C)cc(CCCCC)cc1CCC. The summed E-state index contributed by atoms with van der Waals surface area (Å²) < 4.78 is 0. The lowest BCUT2D eigenvalue weighted by atomic mass is 9.71. The zero-order valence-electron chi connectivity index (χ0n) is 17.3. The van der Waals surface area contributed by atoms with Gasteiger partial charge in [0, 0.05) is 5.92 Å². The van der Waals surface area contributed by atoms with E-state index in [0.717, 1.165) is 0 Å². The molecule has 0 aromatic heterocycles. The lowest BCUT2D eigenvalue weighted by Crippen LogP contribution is -2.19. The highest BCUT2D eigenvalue weighted by Gasteiger charge is 2.28. The highest BCUT2D eigenvalue weighted by Crippen LogP contribution is 2.42. The maximum Gasteiger partial charge on any atom is 0.00912 e. The van der Waals surface area contributed by atoms with E-state index in [-0.39, 0.29) is 0 Å². The molecule has 0 N–H and O–H groups in total. The van der Waals surface area contributed by atoms with Gasteiger partial charge in [0.2, 0.25) is 0 Å². The Morgan fingerprint density at radius 1 is 1.08 bits per heavy atom. The fourth-order valence-electron chi connectivity index (χ4n) is 4.54. The smallest absolute Gasteiger partial charge is 0.00912 e. The van der Waals surface area contributed by atoms with Gasteiger partial charge in [0.25, 0.3) is 0 Å². The maximum absolute atomic E-state index is 4.32. The van der Waals surface area contributed by atoms with Crippen molar-refractivity contribution in [3.05, 3.63) is 58.2 Å². The van der Waals surface area contributed by atoms with Crippen molar-refractivity contribution in [3.8, 4) is 0 Å². The Morgan fingerprint density at radius 3 is 2.48 bits per heavy atom. The standard InChI is InChI=1S/C25H38/c1-7-9-10-12-21-16-20(6)25(22(17-21)11-8-2)24-15-19(5)13-14-23(24)18(3)4/h15-17,23-24H,3,7-14H2,1-2,4-6H3. The first-order valence-corrected chi connectivity index (χ1v) is 10.4. The van der Waals surface area contributed by atoms with Crippen molar-refractivity contribution in [1.29, 1.82) is 0 Å². The summed E-state index contributed by atoms with van der Waals surface area (Å²) in [5, 5.41) is 0. The number of rotatable bonds is 8. The van der Waals surface area contributed by atoms with Gasteiger partial charge in [0.1, 0.15) is 0 Å². The van der Waals surface area contributed by atoms with Crippen LogP contribution in [-0.2, 0) is 12.8 Å². The quantitative estimate of drug-likeness (QED) is 0.336. The molecule has 0 fully saturated rings. The van der Waals surface area contributed by atoms with Crippen molar-refractivity contribution < 1.29 is 0 Å². The molecule has 0 heterocycles. The molecule has 2 unspecified atom stereocenters. The Labute approximate surface area is 156 Å². The summed E-state index contributed by atoms with van der Waals surface area (Å²) in [5.41, 5.74) is 9.14. The molecule has 0 heteroatoms. The number of hydrogen-bond acceptors (Lipinski definition) is 0. The predicted molar refractivity (Wildman–Crippen MR) is 112 cm³/mol. The second kappa shape index (κ2) is 9.41. The van der Waals surface area contributed by atoms with Crippen LogP contribution in [0, 0.1) is 12.8 Å². The van der Waals surface area contributed by atoms with Crippen LogP contribution >= 0.6 is 0 Å². The van der Waals surface area contributed by atoms with Crippen LogP contribution in [-0.4, -0.2) is 0 Å². The Balaban J connectivity index is 2.43. The van der Waals surface area contributed by atoms with Gasteiger partial charge < -0.3 is 0 Å². The third-order valence-corrected chi connectivity index (χ3v) is 5.83. The molecule has 138 valence electrons. The van der Waals surface area contributed by atoms with E-state index >= 15 is 0 Å². The van der Waals surface area contributed by atoms with E-state index in [1.54, 1.807) is 22.3 Å². The Hall–Kier alpha value is -1.30. The molecule has 0 bridgehead atoms. The minimum atomic E-state index is 0.525. The van der Waals surface area contributed by atoms with Crippen molar-refractivity contribution in [3.63, 3.8) is 0 Å². The molecule has 1 aliphatic rings. The van der Waals surface area contributed by atoms with Crippen LogP contribution in [0.1, 0.15) is 94.4 Å². The van der Waals surface area contributed by atoms with Crippen molar-refractivity contribution in [2.24, 2.45) is 5.92 Å². The summed E-state index contributed by atoms with van der Waals surface area (Å²) in [6, 6.07) is 4.99. The van der Waals surface area contributed by atoms with Crippen LogP contribution in [0.25, 0.3) is 0 Å². The molecule has 1 aromatic rings. The Kier molecular flexibility index (Phi) is 7.54. The molecule has 0 saturated carbocycles. The third kappa shape index (κ3) is 5.09. The van der Waals surface area contributed by atoms with E-state index in [2.05, 4.69) is 59.4 Å². The fraction of sp³-hybridized carbons (Fsp3) is 0.600. The molecule has 2 atom stereocenters. The van der Waals surface area contributed by atoms with Crippen LogP contribution in [0.3, 0.4) is 0 Å². The third-order valence-electron chi connectivity index (χ3n) is 5.83. The first kappa shape index (κ1) is 20.0. The molecule has 25 heavy (non-hydrogen) atoms. The molecule has 0 saturated heterocycles. The molecule has 0 amide bonds. The zero-order valence-corrected chi connectivity index (χ0v) is 17.3. The van der Waals surface area contributed by atoms with Gasteiger partial charge in [-0.2, -0.15) is 0 Å². The fourth-order valence-corrected chi connectivity index (χ4v) is 4.54. The minimum Gasteiger partial charge on any atom is -0.0998 e. The Bertz CT molecular complexity index is 617. The van der Waals surface area contributed by atoms with Gasteiger partial charge in [-0.15, -0.1) is 0 Å². The lowest BCUT2D eigenvalue weighted by molar-refractivity contribution is 0.479. The normalized spacial score (nSPS) is 20.4. The number of aryl methyl sites for hydroxylation is 3. The topological polar surface area (TPSA) is 0 Å². The van der Waals surface area contributed by atoms with Crippen molar-refractivity contribution in [2.75, 3.05) is 0 Å². The van der Waals surface area contributed by atoms with Gasteiger partial charge in [-0.1, -0.05) is 69.0 Å². The zero-order chi connectivity index (χ0) is 18.4. The van der Waals surface area contributed by atoms with E-state index < -0.39 is 0 Å². The summed E-state index contributed by atoms with van der Waals surface area (Å²) >= 11 is 0.